The summed E-state index contributed by atoms with van der Waals surface area (Å²) >= 11 is 1.07. The molecule has 22 heavy (non-hydrogen) atoms. The first-order valence-corrected chi connectivity index (χ1v) is 7.14. The highest BCUT2D eigenvalue weighted by atomic mass is 32.2. The van der Waals surface area contributed by atoms with Crippen LogP contribution in [0.3, 0.4) is 0 Å². The molecule has 1 aromatic heterocycles. The molecule has 0 saturated heterocycles. The standard InChI is InChI=1S/C13H9FN4O3S/c1-6-3-8(14)10(9(4-6)18(20)21)11-7(5-15)12(19)17-13(16-11)22-2/h3-4H,1-2H3,(H,16,17,19). The Kier molecular flexibility index (Phi) is 4.23. The van der Waals surface area contributed by atoms with E-state index in [1.165, 1.54) is 13.0 Å². The SMILES string of the molecule is CSc1nc(-c2c(F)cc(C)cc2[N+](=O)[O-])c(C#N)c(=O)[nH]1. The molecular formula is C13H9FN4O3S. The van der Waals surface area contributed by atoms with Crippen molar-refractivity contribution in [2.75, 3.05) is 6.26 Å². The number of nitrogens with one attached hydrogen (secondary N) is 1. The third-order valence-corrected chi connectivity index (χ3v) is 3.43. The maximum atomic E-state index is 14.3. The third kappa shape index (κ3) is 2.68. The van der Waals surface area contributed by atoms with E-state index < -0.39 is 33.1 Å². The van der Waals surface area contributed by atoms with Crippen molar-refractivity contribution in [3.63, 3.8) is 0 Å². The number of aromatic nitrogens is 2. The molecule has 0 spiro atoms. The van der Waals surface area contributed by atoms with Gasteiger partial charge in [-0.25, -0.2) is 9.37 Å². The number of hydrogen-bond donors (Lipinski definition) is 1. The summed E-state index contributed by atoms with van der Waals surface area (Å²) in [6, 6.07) is 3.87. The first-order valence-electron chi connectivity index (χ1n) is 5.92. The Morgan fingerprint density at radius 3 is 2.73 bits per heavy atom. The smallest absolute Gasteiger partial charge is 0.282 e. The van der Waals surface area contributed by atoms with Crippen LogP contribution in [0.2, 0.25) is 0 Å². The van der Waals surface area contributed by atoms with E-state index in [4.69, 9.17) is 5.26 Å². The van der Waals surface area contributed by atoms with Crippen molar-refractivity contribution in [2.45, 2.75) is 12.1 Å². The van der Waals surface area contributed by atoms with Gasteiger partial charge < -0.3 is 4.98 Å². The number of aryl methyl sites for hydroxylation is 1. The van der Waals surface area contributed by atoms with Crippen LogP contribution in [-0.4, -0.2) is 21.1 Å². The van der Waals surface area contributed by atoms with Gasteiger partial charge in [-0.3, -0.25) is 14.9 Å². The Morgan fingerprint density at radius 1 is 1.50 bits per heavy atom. The molecule has 1 aromatic carbocycles. The van der Waals surface area contributed by atoms with Crippen molar-refractivity contribution in [3.05, 3.63) is 49.5 Å². The summed E-state index contributed by atoms with van der Waals surface area (Å²) in [5.74, 6) is -0.909. The van der Waals surface area contributed by atoms with E-state index in [-0.39, 0.29) is 10.9 Å². The summed E-state index contributed by atoms with van der Waals surface area (Å²) in [7, 11) is 0. The second-order valence-corrected chi connectivity index (χ2v) is 5.10. The quantitative estimate of drug-likeness (QED) is 0.402. The fourth-order valence-electron chi connectivity index (χ4n) is 1.94. The van der Waals surface area contributed by atoms with E-state index in [1.54, 1.807) is 12.3 Å². The van der Waals surface area contributed by atoms with Gasteiger partial charge in [-0.2, -0.15) is 5.26 Å². The van der Waals surface area contributed by atoms with Gasteiger partial charge >= 0.3 is 0 Å². The molecule has 0 unspecified atom stereocenters. The number of rotatable bonds is 3. The number of nitro benzene ring substituents is 1. The number of nitro groups is 1. The first-order chi connectivity index (χ1) is 10.4. The molecule has 0 bridgehead atoms. The molecule has 0 fully saturated rings. The number of thioether (sulfide) groups is 1. The van der Waals surface area contributed by atoms with Crippen molar-refractivity contribution < 1.29 is 9.31 Å². The molecule has 9 heteroatoms. The number of hydrogen-bond acceptors (Lipinski definition) is 6. The van der Waals surface area contributed by atoms with Crippen LogP contribution in [0.1, 0.15) is 11.1 Å². The number of nitrogens with zero attached hydrogens (tertiary/aromatic N) is 3. The van der Waals surface area contributed by atoms with Crippen LogP contribution < -0.4 is 5.56 Å². The molecule has 7 nitrogen and oxygen atoms in total. The van der Waals surface area contributed by atoms with E-state index in [9.17, 15) is 19.3 Å². The number of H-pyrrole nitrogens is 1. The fraction of sp³-hybridized carbons (Fsp3) is 0.154. The maximum absolute atomic E-state index is 14.3. The minimum atomic E-state index is -0.909. The Bertz CT molecular complexity index is 873. The lowest BCUT2D eigenvalue weighted by molar-refractivity contribution is -0.384. The van der Waals surface area contributed by atoms with Crippen LogP contribution in [0.4, 0.5) is 10.1 Å². The van der Waals surface area contributed by atoms with E-state index in [2.05, 4.69) is 9.97 Å². The van der Waals surface area contributed by atoms with Crippen LogP contribution in [0.15, 0.2) is 22.1 Å². The zero-order chi connectivity index (χ0) is 16.4. The van der Waals surface area contributed by atoms with Gasteiger partial charge in [0.15, 0.2) is 5.16 Å². The average molecular weight is 320 g/mol. The van der Waals surface area contributed by atoms with E-state index in [1.807, 2.05) is 0 Å². The molecule has 0 radical (unpaired) electrons. The van der Waals surface area contributed by atoms with E-state index in [0.717, 1.165) is 17.8 Å². The normalized spacial score (nSPS) is 10.3. The third-order valence-electron chi connectivity index (χ3n) is 2.85. The zero-order valence-corrected chi connectivity index (χ0v) is 12.3. The van der Waals surface area contributed by atoms with Gasteiger partial charge in [0.2, 0.25) is 0 Å². The van der Waals surface area contributed by atoms with Crippen LogP contribution in [-0.2, 0) is 0 Å². The minimum absolute atomic E-state index is 0.133. The van der Waals surface area contributed by atoms with E-state index in [0.29, 0.717) is 5.56 Å². The molecule has 0 aliphatic rings. The largest absolute Gasteiger partial charge is 0.300 e. The summed E-state index contributed by atoms with van der Waals surface area (Å²) in [5, 5.41) is 20.4. The van der Waals surface area contributed by atoms with Crippen LogP contribution in [0.25, 0.3) is 11.3 Å². The Labute approximate surface area is 128 Å². The van der Waals surface area contributed by atoms with Crippen molar-refractivity contribution in [2.24, 2.45) is 0 Å². The lowest BCUT2D eigenvalue weighted by Gasteiger charge is -2.08. The molecule has 0 amide bonds. The molecule has 0 aliphatic carbocycles. The van der Waals surface area contributed by atoms with Gasteiger partial charge in [-0.15, -0.1) is 0 Å². The second-order valence-electron chi connectivity index (χ2n) is 4.31. The molecule has 2 rings (SSSR count). The highest BCUT2D eigenvalue weighted by Gasteiger charge is 2.26. The molecule has 0 atom stereocenters. The van der Waals surface area contributed by atoms with E-state index >= 15 is 0 Å². The van der Waals surface area contributed by atoms with Crippen molar-refractivity contribution >= 4 is 17.4 Å². The number of nitriles is 1. The Morgan fingerprint density at radius 2 is 2.18 bits per heavy atom. The molecule has 1 heterocycles. The maximum Gasteiger partial charge on any atom is 0.282 e. The average Bonchev–Trinajstić information content (AvgIpc) is 2.45. The van der Waals surface area contributed by atoms with Crippen molar-refractivity contribution in [3.8, 4) is 17.3 Å². The Hall–Kier alpha value is -2.73. The molecular weight excluding hydrogens is 311 g/mol. The number of halogens is 1. The fourth-order valence-corrected chi connectivity index (χ4v) is 2.31. The summed E-state index contributed by atoms with van der Waals surface area (Å²) in [5.41, 5.74) is -2.23. The predicted octanol–water partition coefficient (Wildman–Crippen LogP) is 2.39. The second kappa shape index (κ2) is 5.95. The van der Waals surface area contributed by atoms with Crippen molar-refractivity contribution in [1.29, 1.82) is 5.26 Å². The summed E-state index contributed by atoms with van der Waals surface area (Å²) in [6.45, 7) is 1.50. The lowest BCUT2D eigenvalue weighted by Crippen LogP contribution is -2.15. The van der Waals surface area contributed by atoms with Crippen LogP contribution >= 0.6 is 11.8 Å². The predicted molar refractivity (Wildman–Crippen MR) is 78.1 cm³/mol. The van der Waals surface area contributed by atoms with Gasteiger partial charge in [-0.05, 0) is 24.8 Å². The summed E-state index contributed by atoms with van der Waals surface area (Å²) in [4.78, 5) is 28.6. The number of aromatic amines is 1. The minimum Gasteiger partial charge on any atom is -0.300 e. The molecule has 0 saturated carbocycles. The molecule has 1 N–H and O–H groups in total. The van der Waals surface area contributed by atoms with Gasteiger partial charge in [0.25, 0.3) is 11.2 Å². The monoisotopic (exact) mass is 320 g/mol. The summed E-state index contributed by atoms with van der Waals surface area (Å²) < 4.78 is 14.3. The van der Waals surface area contributed by atoms with Gasteiger partial charge in [-0.1, -0.05) is 11.8 Å². The Balaban J connectivity index is 2.94. The first kappa shape index (κ1) is 15.7. The highest BCUT2D eigenvalue weighted by Crippen LogP contribution is 2.33. The highest BCUT2D eigenvalue weighted by molar-refractivity contribution is 7.98. The van der Waals surface area contributed by atoms with Gasteiger partial charge in [0.05, 0.1) is 4.92 Å². The zero-order valence-electron chi connectivity index (χ0n) is 11.5. The van der Waals surface area contributed by atoms with Gasteiger partial charge in [0.1, 0.15) is 28.7 Å². The van der Waals surface area contributed by atoms with Gasteiger partial charge in [0, 0.05) is 6.07 Å². The van der Waals surface area contributed by atoms with Crippen LogP contribution in [0, 0.1) is 34.2 Å². The number of benzene rings is 1. The molecule has 0 aliphatic heterocycles. The molecule has 112 valence electrons. The van der Waals surface area contributed by atoms with Crippen molar-refractivity contribution in [1.82, 2.24) is 9.97 Å². The summed E-state index contributed by atoms with van der Waals surface area (Å²) in [6.07, 6.45) is 1.62. The molecule has 2 aromatic rings. The topological polar surface area (TPSA) is 113 Å². The lowest BCUT2D eigenvalue weighted by atomic mass is 10.0. The van der Waals surface area contributed by atoms with Crippen LogP contribution in [0.5, 0.6) is 0 Å².